The highest BCUT2D eigenvalue weighted by Crippen LogP contribution is 2.28. The van der Waals surface area contributed by atoms with Gasteiger partial charge in [0.15, 0.2) is 0 Å². The van der Waals surface area contributed by atoms with E-state index in [-0.39, 0.29) is 18.0 Å². The van der Waals surface area contributed by atoms with Crippen molar-refractivity contribution in [1.29, 1.82) is 0 Å². The molecule has 0 aromatic rings. The molecule has 0 aliphatic rings. The predicted octanol–water partition coefficient (Wildman–Crippen LogP) is 5.87. The van der Waals surface area contributed by atoms with E-state index in [0.717, 1.165) is 64.2 Å². The Labute approximate surface area is 148 Å². The van der Waals surface area contributed by atoms with Gasteiger partial charge in [-0.15, -0.1) is 0 Å². The smallest absolute Gasteiger partial charge is 0.306 e. The van der Waals surface area contributed by atoms with E-state index in [1.807, 2.05) is 0 Å². The van der Waals surface area contributed by atoms with Crippen LogP contribution in [0.4, 0.5) is 0 Å². The molecule has 0 amide bonds. The second-order valence-corrected chi connectivity index (χ2v) is 6.84. The third kappa shape index (κ3) is 11.5. The summed E-state index contributed by atoms with van der Waals surface area (Å²) < 4.78 is 5.85. The first-order chi connectivity index (χ1) is 11.5. The monoisotopic (exact) mass is 342 g/mol. The summed E-state index contributed by atoms with van der Waals surface area (Å²) in [5.74, 6) is -0.770. The van der Waals surface area contributed by atoms with Crippen LogP contribution >= 0.6 is 0 Å². The Balaban J connectivity index is 3.86. The van der Waals surface area contributed by atoms with Crippen molar-refractivity contribution < 1.29 is 19.4 Å². The molecule has 24 heavy (non-hydrogen) atoms. The highest BCUT2D eigenvalue weighted by atomic mass is 16.6. The lowest BCUT2D eigenvalue weighted by atomic mass is 9.90. The number of carbonyl (C=O) groups excluding carboxylic acids is 1. The Kier molecular flexibility index (Phi) is 13.7. The molecule has 0 bridgehead atoms. The molecule has 0 fully saturated rings. The number of unbranched alkanes of at least 4 members (excludes halogenated alkanes) is 7. The second-order valence-electron chi connectivity index (χ2n) is 6.84. The summed E-state index contributed by atoms with van der Waals surface area (Å²) in [6.45, 7) is 6.41. The Hall–Kier alpha value is -1.06. The molecule has 0 aliphatic heterocycles. The lowest BCUT2D eigenvalue weighted by molar-refractivity contribution is -0.162. The molecule has 0 saturated carbocycles. The average molecular weight is 343 g/mol. The fourth-order valence-corrected chi connectivity index (χ4v) is 3.04. The SMILES string of the molecule is CCCCCC(CC)(CC)OC(=O)CCCCCCCCC(=O)O. The average Bonchev–Trinajstić information content (AvgIpc) is 2.56. The van der Waals surface area contributed by atoms with Gasteiger partial charge < -0.3 is 9.84 Å². The molecule has 1 N–H and O–H groups in total. The third-order valence-corrected chi connectivity index (χ3v) is 4.88. The molecule has 142 valence electrons. The number of carboxylic acids is 1. The quantitative estimate of drug-likeness (QED) is 0.281. The van der Waals surface area contributed by atoms with Gasteiger partial charge in [-0.1, -0.05) is 59.3 Å². The van der Waals surface area contributed by atoms with E-state index in [0.29, 0.717) is 6.42 Å². The van der Waals surface area contributed by atoms with Gasteiger partial charge >= 0.3 is 11.9 Å². The van der Waals surface area contributed by atoms with E-state index in [1.54, 1.807) is 0 Å². The molecule has 0 unspecified atom stereocenters. The van der Waals surface area contributed by atoms with E-state index in [9.17, 15) is 9.59 Å². The van der Waals surface area contributed by atoms with Crippen molar-refractivity contribution in [2.24, 2.45) is 0 Å². The fourth-order valence-electron chi connectivity index (χ4n) is 3.04. The van der Waals surface area contributed by atoms with Crippen molar-refractivity contribution in [2.45, 2.75) is 116 Å². The predicted molar refractivity (Wildman–Crippen MR) is 98.1 cm³/mol. The van der Waals surface area contributed by atoms with Crippen LogP contribution in [0.15, 0.2) is 0 Å². The standard InChI is InChI=1S/C20H38O4/c1-4-7-14-17-20(5-2,6-3)24-19(23)16-13-11-9-8-10-12-15-18(21)22/h4-17H2,1-3H3,(H,21,22). The van der Waals surface area contributed by atoms with Gasteiger partial charge in [-0.3, -0.25) is 9.59 Å². The maximum absolute atomic E-state index is 12.1. The van der Waals surface area contributed by atoms with Gasteiger partial charge in [-0.2, -0.15) is 0 Å². The van der Waals surface area contributed by atoms with Gasteiger partial charge in [0.05, 0.1) is 0 Å². The summed E-state index contributed by atoms with van der Waals surface area (Å²) in [6, 6.07) is 0. The minimum Gasteiger partial charge on any atom is -0.481 e. The first-order valence-electron chi connectivity index (χ1n) is 9.93. The fraction of sp³-hybridized carbons (Fsp3) is 0.900. The van der Waals surface area contributed by atoms with E-state index in [2.05, 4.69) is 20.8 Å². The maximum atomic E-state index is 12.1. The molecular weight excluding hydrogens is 304 g/mol. The number of hydrogen-bond acceptors (Lipinski definition) is 3. The Bertz CT molecular complexity index is 335. The van der Waals surface area contributed by atoms with Gasteiger partial charge in [0.2, 0.25) is 0 Å². The zero-order valence-corrected chi connectivity index (χ0v) is 16.1. The van der Waals surface area contributed by atoms with Crippen LogP contribution in [-0.2, 0) is 14.3 Å². The zero-order valence-electron chi connectivity index (χ0n) is 16.1. The summed E-state index contributed by atoms with van der Waals surface area (Å²) in [7, 11) is 0. The molecule has 4 nitrogen and oxygen atoms in total. The molecule has 0 atom stereocenters. The van der Waals surface area contributed by atoms with Crippen LogP contribution in [-0.4, -0.2) is 22.6 Å². The highest BCUT2D eigenvalue weighted by Gasteiger charge is 2.29. The molecule has 0 radical (unpaired) electrons. The number of rotatable bonds is 16. The van der Waals surface area contributed by atoms with Gasteiger partial charge in [0.1, 0.15) is 5.60 Å². The zero-order chi connectivity index (χ0) is 18.3. The van der Waals surface area contributed by atoms with Crippen molar-refractivity contribution in [3.8, 4) is 0 Å². The number of aliphatic carboxylic acids is 1. The van der Waals surface area contributed by atoms with Crippen molar-refractivity contribution in [2.75, 3.05) is 0 Å². The molecule has 4 heteroatoms. The lowest BCUT2D eigenvalue weighted by Crippen LogP contribution is -2.33. The molecule has 0 spiro atoms. The maximum Gasteiger partial charge on any atom is 0.306 e. The Morgan fingerprint density at radius 3 is 1.83 bits per heavy atom. The summed E-state index contributed by atoms with van der Waals surface area (Å²) in [5.41, 5.74) is -0.261. The first kappa shape index (κ1) is 22.9. The molecular formula is C20H38O4. The van der Waals surface area contributed by atoms with Crippen LogP contribution in [0.25, 0.3) is 0 Å². The molecule has 0 heterocycles. The molecule has 0 aliphatic carbocycles. The largest absolute Gasteiger partial charge is 0.481 e. The summed E-state index contributed by atoms with van der Waals surface area (Å²) >= 11 is 0. The van der Waals surface area contributed by atoms with Crippen molar-refractivity contribution in [3.63, 3.8) is 0 Å². The van der Waals surface area contributed by atoms with E-state index >= 15 is 0 Å². The summed E-state index contributed by atoms with van der Waals surface area (Å²) in [5, 5.41) is 8.57. The van der Waals surface area contributed by atoms with Crippen molar-refractivity contribution in [3.05, 3.63) is 0 Å². The number of hydrogen-bond donors (Lipinski definition) is 1. The summed E-state index contributed by atoms with van der Waals surface area (Å²) in [6.07, 6.45) is 12.8. The van der Waals surface area contributed by atoms with Gasteiger partial charge in [0, 0.05) is 12.8 Å². The van der Waals surface area contributed by atoms with Gasteiger partial charge in [-0.05, 0) is 38.5 Å². The minimum absolute atomic E-state index is 0.0546. The lowest BCUT2D eigenvalue weighted by Gasteiger charge is -2.31. The summed E-state index contributed by atoms with van der Waals surface area (Å²) in [4.78, 5) is 22.5. The van der Waals surface area contributed by atoms with Crippen molar-refractivity contribution in [1.82, 2.24) is 0 Å². The van der Waals surface area contributed by atoms with Crippen LogP contribution in [0.1, 0.15) is 111 Å². The number of carbonyl (C=O) groups is 2. The van der Waals surface area contributed by atoms with Gasteiger partial charge in [0.25, 0.3) is 0 Å². The van der Waals surface area contributed by atoms with E-state index < -0.39 is 5.97 Å². The Morgan fingerprint density at radius 1 is 0.792 bits per heavy atom. The minimum atomic E-state index is -0.716. The third-order valence-electron chi connectivity index (χ3n) is 4.88. The van der Waals surface area contributed by atoms with E-state index in [1.165, 1.54) is 12.8 Å². The Morgan fingerprint density at radius 2 is 1.33 bits per heavy atom. The van der Waals surface area contributed by atoms with Crippen LogP contribution in [0.3, 0.4) is 0 Å². The number of carboxylic acid groups (broad SMARTS) is 1. The van der Waals surface area contributed by atoms with Gasteiger partial charge in [-0.25, -0.2) is 0 Å². The second kappa shape index (κ2) is 14.3. The van der Waals surface area contributed by atoms with Crippen molar-refractivity contribution >= 4 is 11.9 Å². The van der Waals surface area contributed by atoms with Crippen LogP contribution in [0, 0.1) is 0 Å². The molecule has 0 aromatic heterocycles. The molecule has 0 aromatic carbocycles. The highest BCUT2D eigenvalue weighted by molar-refractivity contribution is 5.69. The molecule has 0 rings (SSSR count). The number of ether oxygens (including phenoxy) is 1. The van der Waals surface area contributed by atoms with Crippen LogP contribution < -0.4 is 0 Å². The van der Waals surface area contributed by atoms with Crippen LogP contribution in [0.2, 0.25) is 0 Å². The van der Waals surface area contributed by atoms with Crippen LogP contribution in [0.5, 0.6) is 0 Å². The molecule has 0 saturated heterocycles. The normalized spacial score (nSPS) is 11.5. The topological polar surface area (TPSA) is 63.6 Å². The van der Waals surface area contributed by atoms with E-state index in [4.69, 9.17) is 9.84 Å². The number of esters is 1. The first-order valence-corrected chi connectivity index (χ1v) is 9.93.